The number of carbonyl (C=O) groups is 1. The molecule has 220 valence electrons. The van der Waals surface area contributed by atoms with Gasteiger partial charge < -0.3 is 29.7 Å². The highest BCUT2D eigenvalue weighted by molar-refractivity contribution is 6.06. The van der Waals surface area contributed by atoms with Gasteiger partial charge in [-0.15, -0.1) is 0 Å². The summed E-state index contributed by atoms with van der Waals surface area (Å²) in [6.07, 6.45) is -0.474. The van der Waals surface area contributed by atoms with Crippen molar-refractivity contribution in [1.82, 2.24) is 19.5 Å². The van der Waals surface area contributed by atoms with E-state index in [1.165, 1.54) is 12.7 Å². The molecular formula is C32H31N5O6. The van der Waals surface area contributed by atoms with Gasteiger partial charge in [0.15, 0.2) is 23.2 Å². The first-order chi connectivity index (χ1) is 21.1. The maximum absolute atomic E-state index is 12.8. The molecule has 43 heavy (non-hydrogen) atoms. The van der Waals surface area contributed by atoms with Gasteiger partial charge >= 0.3 is 0 Å². The first-order valence-electron chi connectivity index (χ1n) is 13.9. The van der Waals surface area contributed by atoms with E-state index < -0.39 is 30.6 Å². The quantitative estimate of drug-likeness (QED) is 0.214. The molecule has 3 aromatic carbocycles. The minimum absolute atomic E-state index is 0.0502. The maximum Gasteiger partial charge on any atom is 0.256 e. The number of rotatable bonds is 11. The fraction of sp³-hybridized carbons (Fsp3) is 0.250. The van der Waals surface area contributed by atoms with Crippen molar-refractivity contribution in [3.8, 4) is 0 Å². The lowest BCUT2D eigenvalue weighted by Crippen LogP contribution is -2.51. The molecule has 0 radical (unpaired) electrons. The minimum atomic E-state index is -1.40. The van der Waals surface area contributed by atoms with Gasteiger partial charge in [0.1, 0.15) is 24.1 Å². The molecule has 5 aromatic rings. The molecule has 0 bridgehead atoms. The van der Waals surface area contributed by atoms with E-state index in [0.717, 1.165) is 11.1 Å². The van der Waals surface area contributed by atoms with Crippen LogP contribution in [0, 0.1) is 0 Å². The van der Waals surface area contributed by atoms with E-state index >= 15 is 0 Å². The Balaban J connectivity index is 1.28. The number of carbonyl (C=O) groups excluding carboxylic acids is 1. The first-order valence-corrected chi connectivity index (χ1v) is 13.9. The van der Waals surface area contributed by atoms with E-state index in [2.05, 4.69) is 20.3 Å². The third kappa shape index (κ3) is 6.03. The number of anilines is 1. The molecule has 6 rings (SSSR count). The van der Waals surface area contributed by atoms with Gasteiger partial charge in [-0.25, -0.2) is 15.0 Å². The van der Waals surface area contributed by atoms with Gasteiger partial charge in [-0.3, -0.25) is 9.36 Å². The summed E-state index contributed by atoms with van der Waals surface area (Å²) in [6.45, 7) is -0.0639. The van der Waals surface area contributed by atoms with Crippen LogP contribution in [0.25, 0.3) is 11.2 Å². The largest absolute Gasteiger partial charge is 0.393 e. The van der Waals surface area contributed by atoms with Crippen molar-refractivity contribution in [3.63, 3.8) is 0 Å². The van der Waals surface area contributed by atoms with E-state index in [-0.39, 0.29) is 31.5 Å². The number of hydrogen-bond donors (Lipinski definition) is 3. The number of nitrogens with zero attached hydrogens (tertiary/aromatic N) is 4. The molecule has 1 unspecified atom stereocenters. The zero-order valence-electron chi connectivity index (χ0n) is 23.2. The molecule has 1 saturated heterocycles. The van der Waals surface area contributed by atoms with Crippen molar-refractivity contribution in [2.75, 3.05) is 18.5 Å². The van der Waals surface area contributed by atoms with Crippen LogP contribution in [0.5, 0.6) is 0 Å². The molecule has 1 aliphatic rings. The Bertz CT molecular complexity index is 1650. The smallest absolute Gasteiger partial charge is 0.256 e. The van der Waals surface area contributed by atoms with Crippen molar-refractivity contribution in [2.45, 2.75) is 37.3 Å². The molecule has 3 heterocycles. The molecule has 1 fully saturated rings. The third-order valence-corrected chi connectivity index (χ3v) is 7.38. The Labute approximate surface area is 247 Å². The number of benzene rings is 3. The Morgan fingerprint density at radius 3 is 2.23 bits per heavy atom. The second-order valence-electron chi connectivity index (χ2n) is 10.3. The molecule has 2 aromatic heterocycles. The zero-order chi connectivity index (χ0) is 29.6. The van der Waals surface area contributed by atoms with Gasteiger partial charge in [0.05, 0.1) is 32.8 Å². The summed E-state index contributed by atoms with van der Waals surface area (Å²) in [7, 11) is 0. The summed E-state index contributed by atoms with van der Waals surface area (Å²) in [5.41, 5.74) is 1.55. The van der Waals surface area contributed by atoms with Crippen LogP contribution < -0.4 is 5.32 Å². The van der Waals surface area contributed by atoms with Crippen molar-refractivity contribution in [2.24, 2.45) is 0 Å². The van der Waals surface area contributed by atoms with Crippen LogP contribution in [0.3, 0.4) is 0 Å². The summed E-state index contributed by atoms with van der Waals surface area (Å²) in [4.78, 5) is 25.8. The van der Waals surface area contributed by atoms with Crippen LogP contribution in [0.4, 0.5) is 5.82 Å². The molecule has 4 atom stereocenters. The molecule has 0 saturated carbocycles. The lowest BCUT2D eigenvalue weighted by atomic mass is 9.96. The first kappa shape index (κ1) is 28.6. The van der Waals surface area contributed by atoms with Gasteiger partial charge in [-0.1, -0.05) is 78.9 Å². The van der Waals surface area contributed by atoms with Gasteiger partial charge in [0, 0.05) is 5.56 Å². The normalized spacial score (nSPS) is 21.7. The fourth-order valence-corrected chi connectivity index (χ4v) is 5.17. The number of ether oxygens (including phenoxy) is 3. The molecule has 11 nitrogen and oxygen atoms in total. The Morgan fingerprint density at radius 2 is 1.56 bits per heavy atom. The van der Waals surface area contributed by atoms with E-state index in [4.69, 9.17) is 14.2 Å². The molecule has 1 aliphatic heterocycles. The standard InChI is InChI=1S/C32H31N5O6/c38-18-32(19-41-16-22-10-4-1-5-11-22)27(42-17-23-12-6-2-7-13-23)26(39)31(43-32)37-21-35-25-28(33-20-34-29(25)37)36-30(40)24-14-8-3-9-15-24/h1-15,20-21,26-27,31,38-39H,16-19H2,(H,33,34,36,40)/t26-,27+,31?,32-/m1/s1. The average molecular weight is 582 g/mol. The van der Waals surface area contributed by atoms with Gasteiger partial charge in [-0.2, -0.15) is 0 Å². The number of aromatic nitrogens is 4. The third-order valence-electron chi connectivity index (χ3n) is 7.38. The monoisotopic (exact) mass is 581 g/mol. The minimum Gasteiger partial charge on any atom is -0.393 e. The number of amides is 1. The number of aliphatic hydroxyl groups is 2. The summed E-state index contributed by atoms with van der Waals surface area (Å²) in [5, 5.41) is 25.1. The lowest BCUT2D eigenvalue weighted by Gasteiger charge is -2.32. The molecule has 1 amide bonds. The maximum atomic E-state index is 12.8. The predicted octanol–water partition coefficient (Wildman–Crippen LogP) is 3.50. The van der Waals surface area contributed by atoms with E-state index in [9.17, 15) is 15.0 Å². The topological polar surface area (TPSA) is 141 Å². The zero-order valence-corrected chi connectivity index (χ0v) is 23.2. The fourth-order valence-electron chi connectivity index (χ4n) is 5.17. The SMILES string of the molecule is O=C(Nc1ncnc2c1ncn2C1O[C@](CO)(COCc2ccccc2)[C@@H](OCc2ccccc2)[C@H]1O)c1ccccc1. The Kier molecular flexibility index (Phi) is 8.50. The molecule has 3 N–H and O–H groups in total. The van der Waals surface area contributed by atoms with E-state index in [1.807, 2.05) is 66.7 Å². The van der Waals surface area contributed by atoms with Crippen molar-refractivity contribution < 1.29 is 29.2 Å². The van der Waals surface area contributed by atoms with Crippen LogP contribution in [-0.2, 0) is 27.4 Å². The summed E-state index contributed by atoms with van der Waals surface area (Å²) in [6, 6.07) is 27.9. The number of imidazole rings is 1. The van der Waals surface area contributed by atoms with E-state index in [0.29, 0.717) is 16.7 Å². The molecule has 0 aliphatic carbocycles. The second kappa shape index (κ2) is 12.8. The Morgan fingerprint density at radius 1 is 0.907 bits per heavy atom. The second-order valence-corrected chi connectivity index (χ2v) is 10.3. The summed E-state index contributed by atoms with van der Waals surface area (Å²) >= 11 is 0. The number of fused-ring (bicyclic) bond motifs is 1. The highest BCUT2D eigenvalue weighted by Gasteiger charge is 2.56. The van der Waals surface area contributed by atoms with Crippen LogP contribution >= 0.6 is 0 Å². The van der Waals surface area contributed by atoms with Crippen molar-refractivity contribution in [3.05, 3.63) is 120 Å². The number of nitrogens with one attached hydrogen (secondary N) is 1. The Hall–Kier alpha value is -4.52. The summed E-state index contributed by atoms with van der Waals surface area (Å²) < 4.78 is 20.2. The average Bonchev–Trinajstić information content (AvgIpc) is 3.60. The number of aliphatic hydroxyl groups excluding tert-OH is 2. The molecular weight excluding hydrogens is 550 g/mol. The van der Waals surface area contributed by atoms with Crippen LogP contribution in [0.2, 0.25) is 0 Å². The number of hydrogen-bond acceptors (Lipinski definition) is 9. The van der Waals surface area contributed by atoms with Crippen molar-refractivity contribution >= 4 is 22.9 Å². The van der Waals surface area contributed by atoms with Gasteiger partial charge in [-0.05, 0) is 23.3 Å². The van der Waals surface area contributed by atoms with Crippen LogP contribution in [-0.4, -0.2) is 66.7 Å². The highest BCUT2D eigenvalue weighted by atomic mass is 16.6. The summed E-state index contributed by atoms with van der Waals surface area (Å²) in [5.74, 6) is -0.141. The lowest BCUT2D eigenvalue weighted by molar-refractivity contribution is -0.174. The molecule has 11 heteroatoms. The predicted molar refractivity (Wildman–Crippen MR) is 157 cm³/mol. The molecule has 0 spiro atoms. The van der Waals surface area contributed by atoms with Gasteiger partial charge in [0.2, 0.25) is 0 Å². The van der Waals surface area contributed by atoms with Crippen LogP contribution in [0.1, 0.15) is 27.7 Å². The highest BCUT2D eigenvalue weighted by Crippen LogP contribution is 2.41. The van der Waals surface area contributed by atoms with Crippen molar-refractivity contribution in [1.29, 1.82) is 0 Å². The van der Waals surface area contributed by atoms with Gasteiger partial charge in [0.25, 0.3) is 5.91 Å². The van der Waals surface area contributed by atoms with E-state index in [1.54, 1.807) is 28.8 Å². The van der Waals surface area contributed by atoms with Crippen LogP contribution in [0.15, 0.2) is 104 Å².